The van der Waals surface area contributed by atoms with Gasteiger partial charge in [0.25, 0.3) is 5.91 Å². The number of benzene rings is 1. The van der Waals surface area contributed by atoms with E-state index in [4.69, 9.17) is 5.10 Å². The van der Waals surface area contributed by atoms with Crippen LogP contribution >= 0.6 is 0 Å². The monoisotopic (exact) mass is 393 g/mol. The maximum Gasteiger partial charge on any atom is 0.253 e. The van der Waals surface area contributed by atoms with Crippen LogP contribution < -0.4 is 5.32 Å². The molecule has 0 aliphatic carbocycles. The Morgan fingerprint density at radius 2 is 1.80 bits per heavy atom. The van der Waals surface area contributed by atoms with Crippen molar-refractivity contribution in [2.45, 2.75) is 6.54 Å². The number of pyridine rings is 2. The average Bonchev–Trinajstić information content (AvgIpc) is 3.44. The number of fused-ring (bicyclic) bond motifs is 1. The highest BCUT2D eigenvalue weighted by Gasteiger charge is 2.17. The highest BCUT2D eigenvalue weighted by atomic mass is 16.1. The van der Waals surface area contributed by atoms with Gasteiger partial charge >= 0.3 is 0 Å². The topological polar surface area (TPSA) is 64.2 Å². The molecular formula is C24H19N5O. The molecule has 0 bridgehead atoms. The van der Waals surface area contributed by atoms with Crippen molar-refractivity contribution >= 4 is 11.4 Å². The lowest BCUT2D eigenvalue weighted by atomic mass is 10.2. The SMILES string of the molecule is O=C(NCc1cccnc1)c1cc(-c2ccn(-c3ccccc3)n2)n2ccccc12. The van der Waals surface area contributed by atoms with Crippen LogP contribution in [0.25, 0.3) is 22.6 Å². The number of carbonyl (C=O) groups excluding carboxylic acids is 1. The number of carbonyl (C=O) groups is 1. The Labute approximate surface area is 173 Å². The average molecular weight is 393 g/mol. The van der Waals surface area contributed by atoms with Gasteiger partial charge in [-0.05, 0) is 48.0 Å². The molecular weight excluding hydrogens is 374 g/mol. The van der Waals surface area contributed by atoms with Gasteiger partial charge in [-0.3, -0.25) is 9.78 Å². The third kappa shape index (κ3) is 3.35. The number of para-hydroxylation sites is 1. The molecule has 0 saturated carbocycles. The van der Waals surface area contributed by atoms with E-state index >= 15 is 0 Å². The van der Waals surface area contributed by atoms with E-state index in [2.05, 4.69) is 10.3 Å². The van der Waals surface area contributed by atoms with E-state index in [-0.39, 0.29) is 5.91 Å². The van der Waals surface area contributed by atoms with Crippen LogP contribution in [0.2, 0.25) is 0 Å². The molecule has 1 N–H and O–H groups in total. The fourth-order valence-corrected chi connectivity index (χ4v) is 3.50. The lowest BCUT2D eigenvalue weighted by Crippen LogP contribution is -2.22. The van der Waals surface area contributed by atoms with Crippen LogP contribution in [0, 0.1) is 0 Å². The fourth-order valence-electron chi connectivity index (χ4n) is 3.50. The first-order chi connectivity index (χ1) is 14.8. The maximum absolute atomic E-state index is 12.9. The van der Waals surface area contributed by atoms with Crippen LogP contribution in [-0.4, -0.2) is 25.1 Å². The van der Waals surface area contributed by atoms with Crippen LogP contribution in [0.4, 0.5) is 0 Å². The van der Waals surface area contributed by atoms with Gasteiger partial charge in [0.15, 0.2) is 0 Å². The predicted molar refractivity (Wildman–Crippen MR) is 115 cm³/mol. The Morgan fingerprint density at radius 3 is 2.63 bits per heavy atom. The normalized spacial score (nSPS) is 10.9. The molecule has 0 spiro atoms. The Hall–Kier alpha value is -4.19. The molecule has 6 nitrogen and oxygen atoms in total. The summed E-state index contributed by atoms with van der Waals surface area (Å²) >= 11 is 0. The summed E-state index contributed by atoms with van der Waals surface area (Å²) in [6.07, 6.45) is 7.34. The number of nitrogens with one attached hydrogen (secondary N) is 1. The molecule has 4 heterocycles. The Balaban J connectivity index is 1.49. The molecule has 0 radical (unpaired) electrons. The van der Waals surface area contributed by atoms with Crippen molar-refractivity contribution in [1.29, 1.82) is 0 Å². The smallest absolute Gasteiger partial charge is 0.253 e. The summed E-state index contributed by atoms with van der Waals surface area (Å²) in [6, 6.07) is 23.4. The second-order valence-corrected chi connectivity index (χ2v) is 6.92. The molecule has 5 aromatic rings. The minimum Gasteiger partial charge on any atom is -0.348 e. The molecule has 30 heavy (non-hydrogen) atoms. The van der Waals surface area contributed by atoms with Crippen LogP contribution in [0.3, 0.4) is 0 Å². The molecule has 146 valence electrons. The molecule has 5 rings (SSSR count). The zero-order valence-corrected chi connectivity index (χ0v) is 16.1. The number of hydrogen-bond donors (Lipinski definition) is 1. The van der Waals surface area contributed by atoms with Crippen molar-refractivity contribution in [3.8, 4) is 17.1 Å². The summed E-state index contributed by atoms with van der Waals surface area (Å²) in [6.45, 7) is 0.425. The van der Waals surface area contributed by atoms with Crippen molar-refractivity contribution < 1.29 is 4.79 Å². The third-order valence-corrected chi connectivity index (χ3v) is 4.97. The van der Waals surface area contributed by atoms with Crippen LogP contribution in [-0.2, 0) is 6.54 Å². The predicted octanol–water partition coefficient (Wildman–Crippen LogP) is 4.12. The third-order valence-electron chi connectivity index (χ3n) is 4.97. The molecule has 4 aromatic heterocycles. The van der Waals surface area contributed by atoms with Crippen molar-refractivity contribution in [2.75, 3.05) is 0 Å². The summed E-state index contributed by atoms with van der Waals surface area (Å²) in [4.78, 5) is 17.0. The number of amides is 1. The van der Waals surface area contributed by atoms with Gasteiger partial charge in [0.1, 0.15) is 5.69 Å². The molecule has 0 unspecified atom stereocenters. The van der Waals surface area contributed by atoms with E-state index in [0.717, 1.165) is 28.2 Å². The van der Waals surface area contributed by atoms with E-state index in [0.29, 0.717) is 12.1 Å². The lowest BCUT2D eigenvalue weighted by molar-refractivity contribution is 0.0952. The zero-order valence-electron chi connectivity index (χ0n) is 16.1. The van der Waals surface area contributed by atoms with E-state index in [1.54, 1.807) is 12.4 Å². The first-order valence-corrected chi connectivity index (χ1v) is 9.68. The van der Waals surface area contributed by atoms with Crippen LogP contribution in [0.5, 0.6) is 0 Å². The first-order valence-electron chi connectivity index (χ1n) is 9.68. The summed E-state index contributed by atoms with van der Waals surface area (Å²) in [5, 5.41) is 7.71. The van der Waals surface area contributed by atoms with Crippen LogP contribution in [0.1, 0.15) is 15.9 Å². The summed E-state index contributed by atoms with van der Waals surface area (Å²) in [5.74, 6) is -0.128. The fraction of sp³-hybridized carbons (Fsp3) is 0.0417. The van der Waals surface area contributed by atoms with Gasteiger partial charge in [-0.2, -0.15) is 5.10 Å². The Kier molecular flexibility index (Phi) is 4.57. The van der Waals surface area contributed by atoms with E-state index in [1.807, 2.05) is 94.3 Å². The van der Waals surface area contributed by atoms with Gasteiger partial charge in [0, 0.05) is 31.3 Å². The molecule has 0 atom stereocenters. The first kappa shape index (κ1) is 17.9. The standard InChI is InChI=1S/C24H19N5O/c30-24(26-17-18-7-6-12-25-16-18)20-15-23(28-13-5-4-10-22(20)28)21-11-14-29(27-21)19-8-2-1-3-9-19/h1-16H,17H2,(H,26,30). The van der Waals surface area contributed by atoms with E-state index in [1.165, 1.54) is 0 Å². The quantitative estimate of drug-likeness (QED) is 0.489. The molecule has 0 aliphatic rings. The minimum atomic E-state index is -0.128. The number of hydrogen-bond acceptors (Lipinski definition) is 3. The number of rotatable bonds is 5. The molecule has 0 saturated heterocycles. The molecule has 1 aromatic carbocycles. The van der Waals surface area contributed by atoms with Crippen LogP contribution in [0.15, 0.2) is 97.6 Å². The van der Waals surface area contributed by atoms with Gasteiger partial charge in [0.05, 0.1) is 22.5 Å². The van der Waals surface area contributed by atoms with Gasteiger partial charge in [0.2, 0.25) is 0 Å². The van der Waals surface area contributed by atoms with Gasteiger partial charge in [-0.15, -0.1) is 0 Å². The van der Waals surface area contributed by atoms with Gasteiger partial charge in [-0.1, -0.05) is 30.3 Å². The Bertz CT molecular complexity index is 1310. The lowest BCUT2D eigenvalue weighted by Gasteiger charge is -2.04. The van der Waals surface area contributed by atoms with Crippen molar-refractivity contribution in [2.24, 2.45) is 0 Å². The van der Waals surface area contributed by atoms with Gasteiger partial charge < -0.3 is 9.72 Å². The maximum atomic E-state index is 12.9. The summed E-state index contributed by atoms with van der Waals surface area (Å²) < 4.78 is 3.83. The zero-order chi connectivity index (χ0) is 20.3. The molecule has 0 fully saturated rings. The molecule has 0 aliphatic heterocycles. The van der Waals surface area contributed by atoms with E-state index in [9.17, 15) is 4.79 Å². The van der Waals surface area contributed by atoms with Gasteiger partial charge in [-0.25, -0.2) is 4.68 Å². The minimum absolute atomic E-state index is 0.128. The molecule has 1 amide bonds. The van der Waals surface area contributed by atoms with Crippen molar-refractivity contribution in [3.05, 3.63) is 109 Å². The Morgan fingerprint density at radius 1 is 0.933 bits per heavy atom. The largest absolute Gasteiger partial charge is 0.348 e. The number of nitrogens with zero attached hydrogens (tertiary/aromatic N) is 4. The van der Waals surface area contributed by atoms with Crippen molar-refractivity contribution in [3.63, 3.8) is 0 Å². The second-order valence-electron chi connectivity index (χ2n) is 6.92. The summed E-state index contributed by atoms with van der Waals surface area (Å²) in [5.41, 5.74) is 5.06. The highest BCUT2D eigenvalue weighted by molar-refractivity contribution is 6.02. The molecule has 6 heteroatoms. The summed E-state index contributed by atoms with van der Waals surface area (Å²) in [7, 11) is 0. The number of aromatic nitrogens is 4. The van der Waals surface area contributed by atoms with Crippen molar-refractivity contribution in [1.82, 2.24) is 24.5 Å². The van der Waals surface area contributed by atoms with E-state index < -0.39 is 0 Å². The highest BCUT2D eigenvalue weighted by Crippen LogP contribution is 2.26. The second kappa shape index (κ2) is 7.67.